The Hall–Kier alpha value is -1.07. The molecule has 0 aliphatic rings. The predicted octanol–water partition coefficient (Wildman–Crippen LogP) is -0.751. The van der Waals surface area contributed by atoms with Crippen LogP contribution in [0.2, 0.25) is 0 Å². The molecule has 0 aromatic carbocycles. The molecule has 1 aromatic heterocycles. The van der Waals surface area contributed by atoms with Gasteiger partial charge in [-0.05, 0) is 0 Å². The molecule has 0 saturated carbocycles. The van der Waals surface area contributed by atoms with E-state index >= 15 is 0 Å². The molecule has 0 unspecified atom stereocenters. The monoisotopic (exact) mass is 169 g/mol. The summed E-state index contributed by atoms with van der Waals surface area (Å²) in [6.07, 6.45) is 0. The zero-order valence-corrected chi connectivity index (χ0v) is 7.25. The summed E-state index contributed by atoms with van der Waals surface area (Å²) in [6.45, 7) is 1.84. The van der Waals surface area contributed by atoms with Crippen LogP contribution in [0.15, 0.2) is 6.07 Å². The summed E-state index contributed by atoms with van der Waals surface area (Å²) >= 11 is 0. The van der Waals surface area contributed by atoms with Crippen LogP contribution in [-0.2, 0) is 13.6 Å². The molecule has 0 saturated heterocycles. The molecule has 1 heterocycles. The third-order valence-electron chi connectivity index (χ3n) is 1.59. The third kappa shape index (κ3) is 1.96. The lowest BCUT2D eigenvalue weighted by molar-refractivity contribution is 0.744. The highest BCUT2D eigenvalue weighted by atomic mass is 15.3. The van der Waals surface area contributed by atoms with E-state index in [4.69, 9.17) is 11.5 Å². The lowest BCUT2D eigenvalue weighted by atomic mass is 10.4. The van der Waals surface area contributed by atoms with Crippen molar-refractivity contribution in [3.8, 4) is 0 Å². The Labute approximate surface area is 71.7 Å². The number of nitrogens with one attached hydrogen (secondary N) is 1. The molecule has 0 aliphatic carbocycles. The lowest BCUT2D eigenvalue weighted by Crippen LogP contribution is -2.14. The zero-order valence-electron chi connectivity index (χ0n) is 7.25. The highest BCUT2D eigenvalue weighted by Gasteiger charge is 2.01. The average Bonchev–Trinajstić information content (AvgIpc) is 2.43. The van der Waals surface area contributed by atoms with E-state index in [1.165, 1.54) is 0 Å². The summed E-state index contributed by atoms with van der Waals surface area (Å²) in [5.74, 6) is 0.959. The average molecular weight is 169 g/mol. The molecule has 0 aliphatic heterocycles. The van der Waals surface area contributed by atoms with Crippen LogP contribution in [0.3, 0.4) is 0 Å². The Balaban J connectivity index is 2.64. The number of hydrogen-bond donors (Lipinski definition) is 3. The van der Waals surface area contributed by atoms with Gasteiger partial charge in [0, 0.05) is 32.7 Å². The van der Waals surface area contributed by atoms with Crippen molar-refractivity contribution in [1.82, 2.24) is 9.78 Å². The molecular weight excluding hydrogens is 154 g/mol. The minimum Gasteiger partial charge on any atom is -0.369 e. The van der Waals surface area contributed by atoms with E-state index in [-0.39, 0.29) is 0 Å². The van der Waals surface area contributed by atoms with Gasteiger partial charge in [0.25, 0.3) is 0 Å². The molecule has 0 fully saturated rings. The third-order valence-corrected chi connectivity index (χ3v) is 1.59. The zero-order chi connectivity index (χ0) is 8.97. The van der Waals surface area contributed by atoms with Gasteiger partial charge in [-0.15, -0.1) is 0 Å². The molecule has 12 heavy (non-hydrogen) atoms. The van der Waals surface area contributed by atoms with E-state index in [2.05, 4.69) is 10.4 Å². The second-order valence-electron chi connectivity index (χ2n) is 2.56. The summed E-state index contributed by atoms with van der Waals surface area (Å²) in [4.78, 5) is 0. The molecule has 0 bridgehead atoms. The lowest BCUT2D eigenvalue weighted by Gasteiger charge is -2.02. The van der Waals surface area contributed by atoms with Gasteiger partial charge in [0.15, 0.2) is 0 Å². The summed E-state index contributed by atoms with van der Waals surface area (Å²) < 4.78 is 1.76. The van der Waals surface area contributed by atoms with Gasteiger partial charge >= 0.3 is 0 Å². The fraction of sp³-hybridized carbons (Fsp3) is 0.571. The first-order chi connectivity index (χ1) is 5.77. The van der Waals surface area contributed by atoms with Gasteiger partial charge in [0.1, 0.15) is 5.82 Å². The molecule has 1 aromatic rings. The number of nitrogens with zero attached hydrogens (tertiary/aromatic N) is 2. The largest absolute Gasteiger partial charge is 0.369 e. The molecule has 68 valence electrons. The van der Waals surface area contributed by atoms with Crippen molar-refractivity contribution in [2.45, 2.75) is 6.54 Å². The van der Waals surface area contributed by atoms with Crippen molar-refractivity contribution in [2.24, 2.45) is 18.5 Å². The minimum absolute atomic E-state index is 0.470. The molecular formula is C7H15N5. The second kappa shape index (κ2) is 4.08. The van der Waals surface area contributed by atoms with Gasteiger partial charge in [-0.3, -0.25) is 4.68 Å². The topological polar surface area (TPSA) is 81.9 Å². The highest BCUT2D eigenvalue weighted by molar-refractivity contribution is 5.36. The molecule has 0 amide bonds. The van der Waals surface area contributed by atoms with Crippen molar-refractivity contribution in [3.05, 3.63) is 11.8 Å². The Kier molecular flexibility index (Phi) is 3.07. The Morgan fingerprint density at radius 1 is 1.58 bits per heavy atom. The quantitative estimate of drug-likeness (QED) is 0.554. The summed E-state index contributed by atoms with van der Waals surface area (Å²) in [5.41, 5.74) is 11.7. The first-order valence-electron chi connectivity index (χ1n) is 3.95. The maximum Gasteiger partial charge on any atom is 0.124 e. The number of nitrogens with two attached hydrogens (primary N) is 2. The van der Waals surface area contributed by atoms with Crippen LogP contribution in [0.25, 0.3) is 0 Å². The normalized spacial score (nSPS) is 10.2. The van der Waals surface area contributed by atoms with Crippen molar-refractivity contribution < 1.29 is 0 Å². The van der Waals surface area contributed by atoms with Crippen LogP contribution < -0.4 is 16.8 Å². The summed E-state index contributed by atoms with van der Waals surface area (Å²) in [7, 11) is 1.87. The maximum atomic E-state index is 5.43. The standard InChI is InChI=1S/C7H15N5/c1-12-7(10-3-2-8)4-6(5-9)11-12/h4,10H,2-3,5,8-9H2,1H3. The molecule has 0 spiro atoms. The fourth-order valence-electron chi connectivity index (χ4n) is 0.992. The van der Waals surface area contributed by atoms with Crippen LogP contribution in [0.1, 0.15) is 5.69 Å². The summed E-state index contributed by atoms with van der Waals surface area (Å²) in [5, 5.41) is 7.31. The first kappa shape index (κ1) is 9.02. The van der Waals surface area contributed by atoms with E-state index in [1.54, 1.807) is 4.68 Å². The van der Waals surface area contributed by atoms with Crippen LogP contribution in [0.4, 0.5) is 5.82 Å². The van der Waals surface area contributed by atoms with Gasteiger partial charge in [-0.25, -0.2) is 0 Å². The minimum atomic E-state index is 0.470. The number of aromatic nitrogens is 2. The Morgan fingerprint density at radius 3 is 2.83 bits per heavy atom. The number of aryl methyl sites for hydroxylation is 1. The van der Waals surface area contributed by atoms with Gasteiger partial charge in [-0.1, -0.05) is 0 Å². The first-order valence-corrected chi connectivity index (χ1v) is 3.95. The predicted molar refractivity (Wildman–Crippen MR) is 48.6 cm³/mol. The summed E-state index contributed by atoms with van der Waals surface area (Å²) in [6, 6.07) is 1.93. The van der Waals surface area contributed by atoms with Gasteiger partial charge < -0.3 is 16.8 Å². The molecule has 1 rings (SSSR count). The van der Waals surface area contributed by atoms with Crippen molar-refractivity contribution in [2.75, 3.05) is 18.4 Å². The number of anilines is 1. The van der Waals surface area contributed by atoms with E-state index in [0.717, 1.165) is 18.1 Å². The highest BCUT2D eigenvalue weighted by Crippen LogP contribution is 2.07. The van der Waals surface area contributed by atoms with Crippen LogP contribution in [-0.4, -0.2) is 22.9 Å². The second-order valence-corrected chi connectivity index (χ2v) is 2.56. The van der Waals surface area contributed by atoms with Crippen LogP contribution >= 0.6 is 0 Å². The molecule has 0 radical (unpaired) electrons. The van der Waals surface area contributed by atoms with E-state index in [9.17, 15) is 0 Å². The molecule has 5 nitrogen and oxygen atoms in total. The van der Waals surface area contributed by atoms with Crippen LogP contribution in [0, 0.1) is 0 Å². The van der Waals surface area contributed by atoms with Gasteiger partial charge in [-0.2, -0.15) is 5.10 Å². The van der Waals surface area contributed by atoms with Gasteiger partial charge in [0.2, 0.25) is 0 Å². The van der Waals surface area contributed by atoms with E-state index < -0.39 is 0 Å². The number of rotatable bonds is 4. The maximum absolute atomic E-state index is 5.43. The molecule has 5 N–H and O–H groups in total. The van der Waals surface area contributed by atoms with Crippen molar-refractivity contribution in [3.63, 3.8) is 0 Å². The smallest absolute Gasteiger partial charge is 0.124 e. The SMILES string of the molecule is Cn1nc(CN)cc1NCCN. The molecule has 5 heteroatoms. The number of hydrogen-bond acceptors (Lipinski definition) is 4. The Morgan fingerprint density at radius 2 is 2.33 bits per heavy atom. The van der Waals surface area contributed by atoms with Crippen LogP contribution in [0.5, 0.6) is 0 Å². The Bertz CT molecular complexity index is 242. The van der Waals surface area contributed by atoms with Crippen molar-refractivity contribution in [1.29, 1.82) is 0 Å². The fourth-order valence-corrected chi connectivity index (χ4v) is 0.992. The molecule has 0 atom stereocenters. The van der Waals surface area contributed by atoms with E-state index in [1.807, 2.05) is 13.1 Å². The van der Waals surface area contributed by atoms with Gasteiger partial charge in [0.05, 0.1) is 5.69 Å². The van der Waals surface area contributed by atoms with Crippen molar-refractivity contribution >= 4 is 5.82 Å². The van der Waals surface area contributed by atoms with E-state index in [0.29, 0.717) is 13.1 Å².